The number of aliphatic hydroxyl groups excluding tert-OH is 1. The average Bonchev–Trinajstić information content (AvgIpc) is 3.19. The van der Waals surface area contributed by atoms with E-state index in [0.29, 0.717) is 63.1 Å². The van der Waals surface area contributed by atoms with Crippen molar-refractivity contribution < 1.29 is 9.90 Å². The normalized spacial score (nSPS) is 26.2. The van der Waals surface area contributed by atoms with E-state index in [0.717, 1.165) is 32.1 Å². The fourth-order valence-electron chi connectivity index (χ4n) is 5.39. The minimum absolute atomic E-state index is 0.0176. The van der Waals surface area contributed by atoms with E-state index in [1.807, 2.05) is 11.5 Å². The predicted octanol–water partition coefficient (Wildman–Crippen LogP) is 5.85. The Morgan fingerprint density at radius 3 is 2.49 bits per heavy atom. The summed E-state index contributed by atoms with van der Waals surface area (Å²) in [5.41, 5.74) is 6.92. The number of imidazole rings is 1. The van der Waals surface area contributed by atoms with Crippen molar-refractivity contribution in [3.63, 3.8) is 0 Å². The number of nitrogens with two attached hydrogens (primary N) is 1. The highest BCUT2D eigenvalue weighted by molar-refractivity contribution is 6.41. The number of benzene rings is 1. The molecule has 3 aromatic rings. The number of fused-ring (bicyclic) bond motifs is 1. The molecule has 0 unspecified atom stereocenters. The second-order valence-electron chi connectivity index (χ2n) is 10.4. The number of carbonyl (C=O) groups excluding carboxylic acids is 1. The number of hydrogen-bond donors (Lipinski definition) is 4. The number of halogens is 3. The molecule has 198 valence electrons. The van der Waals surface area contributed by atoms with Crippen molar-refractivity contribution in [3.8, 4) is 0 Å². The van der Waals surface area contributed by atoms with Crippen molar-refractivity contribution in [2.45, 2.75) is 76.5 Å². The molecule has 2 saturated carbocycles. The first kappa shape index (κ1) is 26.3. The Bertz CT molecular complexity index is 1300. The van der Waals surface area contributed by atoms with Crippen LogP contribution in [0.15, 0.2) is 18.3 Å². The first-order valence-corrected chi connectivity index (χ1v) is 13.7. The number of nitrogens with zero attached hydrogens (tertiary/aromatic N) is 4. The summed E-state index contributed by atoms with van der Waals surface area (Å²) in [6, 6.07) is 3.35. The Balaban J connectivity index is 1.52. The van der Waals surface area contributed by atoms with Crippen LogP contribution in [0.25, 0.3) is 11.2 Å². The van der Waals surface area contributed by atoms with Gasteiger partial charge in [0, 0.05) is 22.5 Å². The highest BCUT2D eigenvalue weighted by atomic mass is 35.5. The van der Waals surface area contributed by atoms with Crippen LogP contribution in [0.5, 0.6) is 0 Å². The topological polar surface area (TPSA) is 131 Å². The Morgan fingerprint density at radius 2 is 1.84 bits per heavy atom. The highest BCUT2D eigenvalue weighted by Crippen LogP contribution is 2.44. The van der Waals surface area contributed by atoms with E-state index >= 15 is 0 Å². The van der Waals surface area contributed by atoms with E-state index in [4.69, 9.17) is 50.5 Å². The molecule has 0 bridgehead atoms. The van der Waals surface area contributed by atoms with Crippen LogP contribution in [-0.4, -0.2) is 42.7 Å². The number of rotatable bonds is 6. The Kier molecular flexibility index (Phi) is 7.42. The van der Waals surface area contributed by atoms with Crippen LogP contribution in [-0.2, 0) is 4.79 Å². The van der Waals surface area contributed by atoms with Crippen molar-refractivity contribution in [1.82, 2.24) is 19.5 Å². The lowest BCUT2D eigenvalue weighted by molar-refractivity contribution is -0.128. The van der Waals surface area contributed by atoms with Gasteiger partial charge in [0.25, 0.3) is 0 Å². The number of amides is 1. The Labute approximate surface area is 230 Å². The van der Waals surface area contributed by atoms with Crippen LogP contribution in [0.3, 0.4) is 0 Å². The number of aliphatic hydroxyl groups is 1. The van der Waals surface area contributed by atoms with Gasteiger partial charge < -0.3 is 21.5 Å². The Morgan fingerprint density at radius 1 is 1.14 bits per heavy atom. The fraction of sp³-hybridized carbons (Fsp3) is 0.520. The molecule has 2 aliphatic carbocycles. The number of aromatic nitrogens is 4. The fourth-order valence-corrected chi connectivity index (χ4v) is 6.30. The van der Waals surface area contributed by atoms with E-state index in [-0.39, 0.29) is 24.1 Å². The van der Waals surface area contributed by atoms with E-state index in [2.05, 4.69) is 15.6 Å². The quantitative estimate of drug-likeness (QED) is 0.294. The summed E-state index contributed by atoms with van der Waals surface area (Å²) in [5.74, 6) is 0.732. The van der Waals surface area contributed by atoms with Crippen LogP contribution in [0.4, 0.5) is 17.6 Å². The molecule has 37 heavy (non-hydrogen) atoms. The summed E-state index contributed by atoms with van der Waals surface area (Å²) in [4.78, 5) is 26.2. The van der Waals surface area contributed by atoms with Crippen molar-refractivity contribution in [2.24, 2.45) is 11.1 Å². The Hall–Kier alpha value is -2.33. The largest absolute Gasteiger partial charge is 0.393 e. The van der Waals surface area contributed by atoms with Gasteiger partial charge in [-0.2, -0.15) is 4.98 Å². The first-order valence-electron chi connectivity index (χ1n) is 12.5. The van der Waals surface area contributed by atoms with Gasteiger partial charge in [-0.25, -0.2) is 9.97 Å². The lowest BCUT2D eigenvalue weighted by atomic mass is 9.73. The zero-order valence-corrected chi connectivity index (χ0v) is 22.7. The summed E-state index contributed by atoms with van der Waals surface area (Å²) >= 11 is 19.0. The van der Waals surface area contributed by atoms with Crippen molar-refractivity contribution in [3.05, 3.63) is 33.4 Å². The van der Waals surface area contributed by atoms with Crippen LogP contribution in [0, 0.1) is 5.41 Å². The summed E-state index contributed by atoms with van der Waals surface area (Å²) in [6.45, 7) is 1.92. The molecule has 2 heterocycles. The van der Waals surface area contributed by atoms with Crippen LogP contribution in [0.2, 0.25) is 15.1 Å². The predicted molar refractivity (Wildman–Crippen MR) is 147 cm³/mol. The molecule has 0 aliphatic heterocycles. The third-order valence-electron chi connectivity index (χ3n) is 7.67. The zero-order chi connectivity index (χ0) is 26.3. The zero-order valence-electron chi connectivity index (χ0n) is 20.5. The molecule has 2 atom stereocenters. The van der Waals surface area contributed by atoms with Gasteiger partial charge in [0.15, 0.2) is 5.65 Å². The second kappa shape index (κ2) is 10.4. The number of primary amides is 1. The monoisotopic (exact) mass is 565 g/mol. The maximum atomic E-state index is 12.1. The van der Waals surface area contributed by atoms with Gasteiger partial charge in [-0.05, 0) is 63.5 Å². The summed E-state index contributed by atoms with van der Waals surface area (Å²) in [5, 5.41) is 17.9. The third-order valence-corrected chi connectivity index (χ3v) is 8.49. The molecule has 1 aromatic carbocycles. The molecule has 1 amide bonds. The smallest absolute Gasteiger partial charge is 0.224 e. The molecular weight excluding hydrogens is 537 g/mol. The van der Waals surface area contributed by atoms with Gasteiger partial charge in [-0.15, -0.1) is 0 Å². The van der Waals surface area contributed by atoms with E-state index in [9.17, 15) is 9.90 Å². The van der Waals surface area contributed by atoms with Gasteiger partial charge in [-0.3, -0.25) is 9.36 Å². The van der Waals surface area contributed by atoms with Crippen molar-refractivity contribution in [2.75, 3.05) is 10.6 Å². The average molecular weight is 567 g/mol. The standard InChI is InChI=1S/C25H30Cl3N7O2/c1-25(22(29)37)7-5-15(6-8-25)35-21-19(12-30-23(34-21)31-14-3-2-4-16(36)11-14)32-24(35)33-20-17(27)9-13(26)10-18(20)28/h9-10,12,14-16,36H,2-8,11H2,1H3,(H2,29,37)(H,32,33)(H,30,31,34)/t14-,15-,16-,25-/m0/s1. The van der Waals surface area contributed by atoms with Crippen LogP contribution < -0.4 is 16.4 Å². The summed E-state index contributed by atoms with van der Waals surface area (Å²) in [7, 11) is 0. The maximum Gasteiger partial charge on any atom is 0.224 e. The van der Waals surface area contributed by atoms with E-state index in [1.54, 1.807) is 18.3 Å². The molecule has 2 fully saturated rings. The number of hydrogen-bond acceptors (Lipinski definition) is 7. The molecule has 5 rings (SSSR count). The lowest BCUT2D eigenvalue weighted by Gasteiger charge is -2.35. The molecular formula is C25H30Cl3N7O2. The molecule has 0 radical (unpaired) electrons. The molecule has 2 aromatic heterocycles. The maximum absolute atomic E-state index is 12.1. The van der Waals surface area contributed by atoms with Gasteiger partial charge >= 0.3 is 0 Å². The van der Waals surface area contributed by atoms with Gasteiger partial charge in [-0.1, -0.05) is 41.7 Å². The van der Waals surface area contributed by atoms with Crippen LogP contribution in [0.1, 0.15) is 64.3 Å². The molecule has 12 heteroatoms. The molecule has 0 spiro atoms. The van der Waals surface area contributed by atoms with E-state index < -0.39 is 5.41 Å². The van der Waals surface area contributed by atoms with Crippen molar-refractivity contribution >= 4 is 69.5 Å². The third kappa shape index (κ3) is 5.46. The molecule has 5 N–H and O–H groups in total. The van der Waals surface area contributed by atoms with Crippen LogP contribution >= 0.6 is 34.8 Å². The number of nitrogens with one attached hydrogen (secondary N) is 2. The molecule has 9 nitrogen and oxygen atoms in total. The second-order valence-corrected chi connectivity index (χ2v) is 11.6. The summed E-state index contributed by atoms with van der Waals surface area (Å²) in [6.07, 6.45) is 7.53. The minimum atomic E-state index is -0.535. The van der Waals surface area contributed by atoms with Gasteiger partial charge in [0.05, 0.1) is 28.0 Å². The highest BCUT2D eigenvalue weighted by Gasteiger charge is 2.38. The molecule has 2 aliphatic rings. The minimum Gasteiger partial charge on any atom is -0.393 e. The van der Waals surface area contributed by atoms with E-state index in [1.165, 1.54) is 0 Å². The van der Waals surface area contributed by atoms with Gasteiger partial charge in [0.1, 0.15) is 5.52 Å². The lowest BCUT2D eigenvalue weighted by Crippen LogP contribution is -2.38. The summed E-state index contributed by atoms with van der Waals surface area (Å²) < 4.78 is 2.04. The number of carbonyl (C=O) groups is 1. The number of anilines is 3. The first-order chi connectivity index (χ1) is 17.6. The SMILES string of the molecule is C[C@]1(C(N)=O)CC[C@H](n2c(Nc3c(Cl)cc(Cl)cc3Cl)nc3cnc(N[C@H]4CCC[C@H](O)C4)nc32)CC1. The van der Waals surface area contributed by atoms with Gasteiger partial charge in [0.2, 0.25) is 17.8 Å². The molecule has 0 saturated heterocycles. The van der Waals surface area contributed by atoms with Crippen molar-refractivity contribution in [1.29, 1.82) is 0 Å².